The molecule has 3 nitrogen and oxygen atoms in total. The van der Waals surface area contributed by atoms with Crippen LogP contribution in [0.2, 0.25) is 0 Å². The highest BCUT2D eigenvalue weighted by Crippen LogP contribution is 2.21. The second-order valence-electron chi connectivity index (χ2n) is 5.27. The molecule has 2 N–H and O–H groups in total. The summed E-state index contributed by atoms with van der Waals surface area (Å²) in [4.78, 5) is 4.23. The fourth-order valence-corrected chi connectivity index (χ4v) is 1.39. The molecule has 0 aliphatic carbocycles. The summed E-state index contributed by atoms with van der Waals surface area (Å²) in [5, 5.41) is 0. The third kappa shape index (κ3) is 3.81. The number of ether oxygens (including phenoxy) is 1. The molecule has 0 unspecified atom stereocenters. The first kappa shape index (κ1) is 13.0. The lowest BCUT2D eigenvalue weighted by Crippen LogP contribution is -2.13. The lowest BCUT2D eigenvalue weighted by molar-refractivity contribution is 0.234. The molecule has 0 saturated heterocycles. The Bertz CT molecular complexity index is 342. The molecule has 0 bridgehead atoms. The van der Waals surface area contributed by atoms with Crippen molar-refractivity contribution in [3.8, 4) is 5.88 Å². The van der Waals surface area contributed by atoms with Crippen LogP contribution in [0.4, 0.5) is 0 Å². The lowest BCUT2D eigenvalue weighted by atomic mass is 9.93. The quantitative estimate of drug-likeness (QED) is 0.852. The molecule has 0 saturated carbocycles. The number of rotatable bonds is 4. The van der Waals surface area contributed by atoms with E-state index in [4.69, 9.17) is 10.5 Å². The van der Waals surface area contributed by atoms with Gasteiger partial charge in [-0.1, -0.05) is 20.8 Å². The van der Waals surface area contributed by atoms with E-state index in [0.29, 0.717) is 19.0 Å². The van der Waals surface area contributed by atoms with Crippen LogP contribution >= 0.6 is 0 Å². The topological polar surface area (TPSA) is 48.1 Å². The first-order valence-corrected chi connectivity index (χ1v) is 5.71. The predicted octanol–water partition coefficient (Wildman–Crippen LogP) is 2.66. The number of aryl methyl sites for hydroxylation is 1. The van der Waals surface area contributed by atoms with Crippen molar-refractivity contribution in [2.24, 2.45) is 11.1 Å². The van der Waals surface area contributed by atoms with Crippen LogP contribution in [0.5, 0.6) is 5.88 Å². The lowest BCUT2D eigenvalue weighted by Gasteiger charge is -2.18. The second kappa shape index (κ2) is 5.30. The van der Waals surface area contributed by atoms with Crippen LogP contribution in [0.25, 0.3) is 0 Å². The highest BCUT2D eigenvalue weighted by Gasteiger charge is 2.12. The van der Waals surface area contributed by atoms with Crippen molar-refractivity contribution in [3.05, 3.63) is 23.4 Å². The Morgan fingerprint density at radius 3 is 2.62 bits per heavy atom. The molecular formula is C13H22N2O. The van der Waals surface area contributed by atoms with Crippen LogP contribution in [-0.2, 0) is 6.54 Å². The number of nitrogens with two attached hydrogens (primary N) is 1. The van der Waals surface area contributed by atoms with Crippen LogP contribution in [0.15, 0.2) is 12.3 Å². The molecule has 0 amide bonds. The minimum atomic E-state index is 0.284. The van der Waals surface area contributed by atoms with Gasteiger partial charge in [-0.15, -0.1) is 0 Å². The predicted molar refractivity (Wildman–Crippen MR) is 66.4 cm³/mol. The molecule has 1 rings (SSSR count). The number of nitrogens with zero attached hydrogens (tertiary/aromatic N) is 1. The van der Waals surface area contributed by atoms with Gasteiger partial charge in [-0.05, 0) is 30.4 Å². The molecule has 0 spiro atoms. The van der Waals surface area contributed by atoms with E-state index in [9.17, 15) is 0 Å². The molecule has 0 aliphatic heterocycles. The highest BCUT2D eigenvalue weighted by atomic mass is 16.5. The van der Waals surface area contributed by atoms with Gasteiger partial charge in [0.25, 0.3) is 0 Å². The Labute approximate surface area is 98.0 Å². The van der Waals surface area contributed by atoms with E-state index in [1.807, 2.05) is 13.0 Å². The van der Waals surface area contributed by atoms with Crippen molar-refractivity contribution in [3.63, 3.8) is 0 Å². The number of hydrogen-bond donors (Lipinski definition) is 1. The van der Waals surface area contributed by atoms with E-state index in [2.05, 4.69) is 25.8 Å². The molecule has 1 aromatic rings. The molecule has 0 atom stereocenters. The van der Waals surface area contributed by atoms with Crippen molar-refractivity contribution in [2.75, 3.05) is 6.61 Å². The van der Waals surface area contributed by atoms with Crippen LogP contribution in [0.3, 0.4) is 0 Å². The highest BCUT2D eigenvalue weighted by molar-refractivity contribution is 5.33. The van der Waals surface area contributed by atoms with E-state index < -0.39 is 0 Å². The monoisotopic (exact) mass is 222 g/mol. The molecule has 1 aromatic heterocycles. The maximum atomic E-state index is 5.69. The summed E-state index contributed by atoms with van der Waals surface area (Å²) in [6, 6.07) is 1.96. The zero-order valence-electron chi connectivity index (χ0n) is 10.7. The van der Waals surface area contributed by atoms with Gasteiger partial charge in [-0.25, -0.2) is 4.98 Å². The first-order chi connectivity index (χ1) is 7.44. The van der Waals surface area contributed by atoms with E-state index in [1.54, 1.807) is 6.20 Å². The number of pyridine rings is 1. The Morgan fingerprint density at radius 1 is 1.38 bits per heavy atom. The normalized spacial score (nSPS) is 11.6. The summed E-state index contributed by atoms with van der Waals surface area (Å²) < 4.78 is 5.69. The third-order valence-corrected chi connectivity index (χ3v) is 2.55. The third-order valence-electron chi connectivity index (χ3n) is 2.55. The SMILES string of the molecule is Cc1ccnc(OCCC(C)(C)C)c1CN. The molecule has 1 heterocycles. The van der Waals surface area contributed by atoms with Gasteiger partial charge in [0.1, 0.15) is 0 Å². The average molecular weight is 222 g/mol. The Balaban J connectivity index is 2.64. The van der Waals surface area contributed by atoms with Gasteiger partial charge in [-0.3, -0.25) is 0 Å². The molecule has 16 heavy (non-hydrogen) atoms. The van der Waals surface area contributed by atoms with E-state index in [0.717, 1.165) is 17.5 Å². The molecule has 0 radical (unpaired) electrons. The van der Waals surface area contributed by atoms with Crippen LogP contribution in [0, 0.1) is 12.3 Å². The summed E-state index contributed by atoms with van der Waals surface area (Å²) in [6.07, 6.45) is 2.77. The summed E-state index contributed by atoms with van der Waals surface area (Å²) in [5.41, 5.74) is 8.13. The molecule has 0 aromatic carbocycles. The average Bonchev–Trinajstić information content (AvgIpc) is 2.16. The van der Waals surface area contributed by atoms with Crippen molar-refractivity contribution in [2.45, 2.75) is 40.7 Å². The number of aromatic nitrogens is 1. The van der Waals surface area contributed by atoms with Crippen LogP contribution < -0.4 is 10.5 Å². The molecular weight excluding hydrogens is 200 g/mol. The standard InChI is InChI=1S/C13H22N2O/c1-10-5-7-15-12(11(10)9-14)16-8-6-13(2,3)4/h5,7H,6,8-9,14H2,1-4H3. The van der Waals surface area contributed by atoms with Crippen molar-refractivity contribution in [1.82, 2.24) is 4.98 Å². The second-order valence-corrected chi connectivity index (χ2v) is 5.27. The minimum absolute atomic E-state index is 0.284. The largest absolute Gasteiger partial charge is 0.477 e. The Kier molecular flexibility index (Phi) is 4.30. The van der Waals surface area contributed by atoms with Crippen LogP contribution in [0.1, 0.15) is 38.3 Å². The zero-order valence-corrected chi connectivity index (χ0v) is 10.7. The van der Waals surface area contributed by atoms with Crippen molar-refractivity contribution in [1.29, 1.82) is 0 Å². The van der Waals surface area contributed by atoms with Gasteiger partial charge < -0.3 is 10.5 Å². The fourth-order valence-electron chi connectivity index (χ4n) is 1.39. The van der Waals surface area contributed by atoms with Gasteiger partial charge in [0, 0.05) is 18.3 Å². The maximum Gasteiger partial charge on any atom is 0.218 e. The summed E-state index contributed by atoms with van der Waals surface area (Å²) in [7, 11) is 0. The van der Waals surface area contributed by atoms with E-state index in [1.165, 1.54) is 0 Å². The van der Waals surface area contributed by atoms with Gasteiger partial charge in [0.2, 0.25) is 5.88 Å². The van der Waals surface area contributed by atoms with Gasteiger partial charge >= 0.3 is 0 Å². The smallest absolute Gasteiger partial charge is 0.218 e. The van der Waals surface area contributed by atoms with Crippen molar-refractivity contribution >= 4 is 0 Å². The summed E-state index contributed by atoms with van der Waals surface area (Å²) in [6.45, 7) is 9.79. The van der Waals surface area contributed by atoms with E-state index >= 15 is 0 Å². The molecule has 0 fully saturated rings. The van der Waals surface area contributed by atoms with Crippen LogP contribution in [-0.4, -0.2) is 11.6 Å². The summed E-state index contributed by atoms with van der Waals surface area (Å²) >= 11 is 0. The molecule has 3 heteroatoms. The molecule has 0 aliphatic rings. The summed E-state index contributed by atoms with van der Waals surface area (Å²) in [5.74, 6) is 0.687. The molecule has 90 valence electrons. The Hall–Kier alpha value is -1.09. The zero-order chi connectivity index (χ0) is 12.2. The minimum Gasteiger partial charge on any atom is -0.477 e. The Morgan fingerprint density at radius 2 is 2.06 bits per heavy atom. The van der Waals surface area contributed by atoms with Crippen molar-refractivity contribution < 1.29 is 4.74 Å². The first-order valence-electron chi connectivity index (χ1n) is 5.71. The fraction of sp³-hybridized carbons (Fsp3) is 0.615. The number of hydrogen-bond acceptors (Lipinski definition) is 3. The maximum absolute atomic E-state index is 5.69. The van der Waals surface area contributed by atoms with Gasteiger partial charge in [0.15, 0.2) is 0 Å². The van der Waals surface area contributed by atoms with Gasteiger partial charge in [-0.2, -0.15) is 0 Å². The van der Waals surface area contributed by atoms with Gasteiger partial charge in [0.05, 0.1) is 6.61 Å². The van der Waals surface area contributed by atoms with E-state index in [-0.39, 0.29) is 5.41 Å².